The monoisotopic (exact) mass is 164 g/mol. The molecule has 0 spiro atoms. The molecule has 3 heteroatoms. The first-order valence-corrected chi connectivity index (χ1v) is 4.16. The van der Waals surface area contributed by atoms with Crippen LogP contribution >= 0.6 is 0 Å². The maximum Gasteiger partial charge on any atom is 0.131 e. The Kier molecular flexibility index (Phi) is 1.73. The minimum atomic E-state index is -0.423. The van der Waals surface area contributed by atoms with Gasteiger partial charge in [-0.15, -0.1) is 0 Å². The lowest BCUT2D eigenvalue weighted by Gasteiger charge is -2.21. The predicted octanol–water partition coefficient (Wildman–Crippen LogP) is 1.07. The van der Waals surface area contributed by atoms with Gasteiger partial charge < -0.3 is 10.4 Å². The lowest BCUT2D eigenvalue weighted by molar-refractivity contribution is 0.188. The quantitative estimate of drug-likeness (QED) is 0.602. The van der Waals surface area contributed by atoms with E-state index in [2.05, 4.69) is 16.4 Å². The zero-order valence-electron chi connectivity index (χ0n) is 7.04. The van der Waals surface area contributed by atoms with Gasteiger partial charge in [0.25, 0.3) is 0 Å². The zero-order valence-corrected chi connectivity index (χ0v) is 7.04. The topological polar surface area (TPSA) is 45.2 Å². The van der Waals surface area contributed by atoms with Crippen molar-refractivity contribution >= 4 is 5.82 Å². The largest absolute Gasteiger partial charge is 0.374 e. The molecule has 1 atom stereocenters. The zero-order chi connectivity index (χ0) is 8.55. The number of aryl methyl sites for hydroxylation is 2. The highest BCUT2D eigenvalue weighted by atomic mass is 16.3. The molecule has 0 fully saturated rings. The summed E-state index contributed by atoms with van der Waals surface area (Å²) in [4.78, 5) is 4.20. The van der Waals surface area contributed by atoms with Crippen LogP contribution in [0, 0.1) is 6.92 Å². The van der Waals surface area contributed by atoms with Crippen LogP contribution in [0.1, 0.15) is 17.5 Å². The van der Waals surface area contributed by atoms with Crippen molar-refractivity contribution < 1.29 is 5.11 Å². The number of aliphatic hydroxyl groups is 1. The molecule has 64 valence electrons. The number of nitrogens with one attached hydrogen (secondary N) is 1. The number of rotatable bonds is 0. The Morgan fingerprint density at radius 1 is 1.67 bits per heavy atom. The summed E-state index contributed by atoms with van der Waals surface area (Å²) in [6, 6.07) is 2.11. The van der Waals surface area contributed by atoms with Crippen LogP contribution in [0.15, 0.2) is 12.3 Å². The molecule has 1 aliphatic rings. The molecular formula is C9H12N2O. The number of nitrogens with zero attached hydrogens (tertiary/aromatic N) is 1. The number of hydrogen-bond donors (Lipinski definition) is 2. The standard InChI is InChI=1S/C9H12N2O/c1-6-4-7-2-3-8(12)11-9(7)10-5-6/h4-5,8,12H,2-3H2,1H3,(H,10,11). The number of fused-ring (bicyclic) bond motifs is 1. The number of anilines is 1. The summed E-state index contributed by atoms with van der Waals surface area (Å²) >= 11 is 0. The van der Waals surface area contributed by atoms with E-state index in [4.69, 9.17) is 0 Å². The van der Waals surface area contributed by atoms with Gasteiger partial charge in [0.05, 0.1) is 0 Å². The molecule has 0 bridgehead atoms. The molecule has 1 aliphatic heterocycles. The highest BCUT2D eigenvalue weighted by molar-refractivity contribution is 5.47. The van der Waals surface area contributed by atoms with Gasteiger partial charge in [0.1, 0.15) is 12.0 Å². The molecule has 0 amide bonds. The third-order valence-electron chi connectivity index (χ3n) is 2.09. The van der Waals surface area contributed by atoms with Crippen LogP contribution in [0.4, 0.5) is 5.82 Å². The molecule has 1 aromatic rings. The summed E-state index contributed by atoms with van der Waals surface area (Å²) in [5.41, 5.74) is 2.38. The van der Waals surface area contributed by atoms with Crippen molar-refractivity contribution in [2.45, 2.75) is 26.0 Å². The average Bonchev–Trinajstić information content (AvgIpc) is 2.05. The summed E-state index contributed by atoms with van der Waals surface area (Å²) in [6.07, 6.45) is 3.08. The molecule has 0 aromatic carbocycles. The van der Waals surface area contributed by atoms with Gasteiger partial charge in [-0.25, -0.2) is 4.98 Å². The Bertz CT molecular complexity index is 299. The van der Waals surface area contributed by atoms with Crippen LogP contribution in [-0.2, 0) is 6.42 Å². The van der Waals surface area contributed by atoms with Gasteiger partial charge in [-0.3, -0.25) is 0 Å². The van der Waals surface area contributed by atoms with E-state index in [1.54, 1.807) is 0 Å². The van der Waals surface area contributed by atoms with Crippen molar-refractivity contribution in [1.82, 2.24) is 4.98 Å². The third kappa shape index (κ3) is 1.28. The highest BCUT2D eigenvalue weighted by Gasteiger charge is 2.15. The number of aliphatic hydroxyl groups excluding tert-OH is 1. The van der Waals surface area contributed by atoms with E-state index in [1.807, 2.05) is 13.1 Å². The van der Waals surface area contributed by atoms with Crippen molar-refractivity contribution in [3.63, 3.8) is 0 Å². The fourth-order valence-corrected chi connectivity index (χ4v) is 1.47. The molecular weight excluding hydrogens is 152 g/mol. The molecule has 0 aliphatic carbocycles. The predicted molar refractivity (Wildman–Crippen MR) is 46.9 cm³/mol. The van der Waals surface area contributed by atoms with Gasteiger partial charge in [-0.1, -0.05) is 6.07 Å². The molecule has 0 radical (unpaired) electrons. The smallest absolute Gasteiger partial charge is 0.131 e. The second kappa shape index (κ2) is 2.75. The molecule has 1 unspecified atom stereocenters. The van der Waals surface area contributed by atoms with E-state index in [-0.39, 0.29) is 0 Å². The molecule has 2 N–H and O–H groups in total. The highest BCUT2D eigenvalue weighted by Crippen LogP contribution is 2.21. The van der Waals surface area contributed by atoms with Crippen molar-refractivity contribution in [2.24, 2.45) is 0 Å². The maximum atomic E-state index is 9.27. The van der Waals surface area contributed by atoms with E-state index in [1.165, 1.54) is 11.1 Å². The lowest BCUT2D eigenvalue weighted by Crippen LogP contribution is -2.25. The van der Waals surface area contributed by atoms with Crippen molar-refractivity contribution in [3.05, 3.63) is 23.4 Å². The van der Waals surface area contributed by atoms with E-state index in [0.29, 0.717) is 0 Å². The Morgan fingerprint density at radius 3 is 3.33 bits per heavy atom. The summed E-state index contributed by atoms with van der Waals surface area (Å²) in [7, 11) is 0. The second-order valence-electron chi connectivity index (χ2n) is 3.22. The van der Waals surface area contributed by atoms with Gasteiger partial charge in [-0.05, 0) is 30.9 Å². The lowest BCUT2D eigenvalue weighted by atomic mass is 10.1. The molecule has 12 heavy (non-hydrogen) atoms. The minimum absolute atomic E-state index is 0.423. The van der Waals surface area contributed by atoms with Gasteiger partial charge in [0, 0.05) is 6.20 Å². The second-order valence-corrected chi connectivity index (χ2v) is 3.22. The molecule has 0 saturated carbocycles. The summed E-state index contributed by atoms with van der Waals surface area (Å²) in [6.45, 7) is 2.03. The number of aromatic nitrogens is 1. The fourth-order valence-electron chi connectivity index (χ4n) is 1.47. The minimum Gasteiger partial charge on any atom is -0.374 e. The Morgan fingerprint density at radius 2 is 2.50 bits per heavy atom. The maximum absolute atomic E-state index is 9.27. The average molecular weight is 164 g/mol. The number of pyridine rings is 1. The normalized spacial score (nSPS) is 21.3. The summed E-state index contributed by atoms with van der Waals surface area (Å²) in [5, 5.41) is 12.2. The van der Waals surface area contributed by atoms with Gasteiger partial charge >= 0.3 is 0 Å². The SMILES string of the molecule is Cc1cnc2c(c1)CCC(O)N2. The molecule has 1 aromatic heterocycles. The van der Waals surface area contributed by atoms with Crippen LogP contribution in [0.3, 0.4) is 0 Å². The Labute approximate surface area is 71.4 Å². The van der Waals surface area contributed by atoms with Crippen LogP contribution in [0.5, 0.6) is 0 Å². The van der Waals surface area contributed by atoms with Crippen molar-refractivity contribution in [3.8, 4) is 0 Å². The first-order valence-electron chi connectivity index (χ1n) is 4.16. The van der Waals surface area contributed by atoms with E-state index < -0.39 is 6.23 Å². The molecule has 0 saturated heterocycles. The van der Waals surface area contributed by atoms with E-state index in [0.717, 1.165) is 18.7 Å². The first kappa shape index (κ1) is 7.55. The molecule has 2 heterocycles. The van der Waals surface area contributed by atoms with Gasteiger partial charge in [0.15, 0.2) is 0 Å². The van der Waals surface area contributed by atoms with Gasteiger partial charge in [0.2, 0.25) is 0 Å². The van der Waals surface area contributed by atoms with Crippen LogP contribution in [-0.4, -0.2) is 16.3 Å². The third-order valence-corrected chi connectivity index (χ3v) is 2.09. The molecule has 2 rings (SSSR count). The Hall–Kier alpha value is -1.09. The summed E-state index contributed by atoms with van der Waals surface area (Å²) < 4.78 is 0. The molecule has 3 nitrogen and oxygen atoms in total. The fraction of sp³-hybridized carbons (Fsp3) is 0.444. The first-order chi connectivity index (χ1) is 5.75. The van der Waals surface area contributed by atoms with E-state index >= 15 is 0 Å². The van der Waals surface area contributed by atoms with Crippen molar-refractivity contribution in [1.29, 1.82) is 0 Å². The van der Waals surface area contributed by atoms with Gasteiger partial charge in [-0.2, -0.15) is 0 Å². The van der Waals surface area contributed by atoms with Crippen LogP contribution < -0.4 is 5.32 Å². The van der Waals surface area contributed by atoms with Crippen LogP contribution in [0.25, 0.3) is 0 Å². The Balaban J connectivity index is 2.37. The summed E-state index contributed by atoms with van der Waals surface area (Å²) in [5.74, 6) is 0.833. The van der Waals surface area contributed by atoms with Crippen molar-refractivity contribution in [2.75, 3.05) is 5.32 Å². The number of hydrogen-bond acceptors (Lipinski definition) is 3. The van der Waals surface area contributed by atoms with E-state index in [9.17, 15) is 5.11 Å². The van der Waals surface area contributed by atoms with Crippen LogP contribution in [0.2, 0.25) is 0 Å².